The monoisotopic (exact) mass is 257 g/mol. The second kappa shape index (κ2) is 6.75. The summed E-state index contributed by atoms with van der Waals surface area (Å²) >= 11 is 5.44. The average molecular weight is 258 g/mol. The van der Waals surface area contributed by atoms with E-state index >= 15 is 0 Å². The van der Waals surface area contributed by atoms with E-state index in [-0.39, 0.29) is 18.0 Å². The number of hydrogen-bond acceptors (Lipinski definition) is 4. The van der Waals surface area contributed by atoms with E-state index in [1.54, 1.807) is 12.2 Å². The Kier molecular flexibility index (Phi) is 5.29. The van der Waals surface area contributed by atoms with Gasteiger partial charge in [-0.15, -0.1) is 11.6 Å². The van der Waals surface area contributed by atoms with E-state index in [2.05, 4.69) is 0 Å². The Bertz CT molecular complexity index is 420. The van der Waals surface area contributed by atoms with Crippen molar-refractivity contribution in [3.63, 3.8) is 0 Å². The summed E-state index contributed by atoms with van der Waals surface area (Å²) in [4.78, 5) is 10.3. The molecular weight excluding hydrogens is 246 g/mol. The van der Waals surface area contributed by atoms with E-state index < -0.39 is 4.92 Å². The van der Waals surface area contributed by atoms with Gasteiger partial charge in [0, 0.05) is 18.0 Å². The van der Waals surface area contributed by atoms with Gasteiger partial charge < -0.3 is 9.47 Å². The van der Waals surface area contributed by atoms with Crippen LogP contribution in [0.5, 0.6) is 11.5 Å². The number of alkyl halides is 1. The van der Waals surface area contributed by atoms with Gasteiger partial charge in [-0.1, -0.05) is 12.2 Å². The van der Waals surface area contributed by atoms with Crippen LogP contribution in [-0.4, -0.2) is 24.5 Å². The van der Waals surface area contributed by atoms with Gasteiger partial charge in [-0.25, -0.2) is 0 Å². The van der Waals surface area contributed by atoms with Gasteiger partial charge in [-0.05, 0) is 6.07 Å². The average Bonchev–Trinajstić information content (AvgIpc) is 2.34. The van der Waals surface area contributed by atoms with Crippen LogP contribution in [0.4, 0.5) is 5.69 Å². The van der Waals surface area contributed by atoms with Gasteiger partial charge in [0.2, 0.25) is 5.75 Å². The number of allylic oxidation sites excluding steroid dienone is 1. The topological polar surface area (TPSA) is 61.6 Å². The van der Waals surface area contributed by atoms with Crippen LogP contribution in [0.1, 0.15) is 0 Å². The predicted octanol–water partition coefficient (Wildman–Crippen LogP) is 2.78. The highest BCUT2D eigenvalue weighted by Crippen LogP contribution is 2.30. The third-order valence-electron chi connectivity index (χ3n) is 1.95. The molecule has 92 valence electrons. The summed E-state index contributed by atoms with van der Waals surface area (Å²) in [6, 6.07) is 4.34. The molecule has 5 nitrogen and oxygen atoms in total. The molecule has 0 radical (unpaired) electrons. The quantitative estimate of drug-likeness (QED) is 0.340. The number of ether oxygens (including phenoxy) is 2. The minimum absolute atomic E-state index is 0.0925. The molecule has 0 heterocycles. The lowest BCUT2D eigenvalue weighted by Gasteiger charge is -2.06. The number of methoxy groups -OCH3 is 1. The van der Waals surface area contributed by atoms with Crippen LogP contribution in [0.15, 0.2) is 30.4 Å². The van der Waals surface area contributed by atoms with Crippen molar-refractivity contribution in [3.8, 4) is 11.5 Å². The number of benzene rings is 1. The molecule has 0 unspecified atom stereocenters. The van der Waals surface area contributed by atoms with Gasteiger partial charge in [0.15, 0.2) is 0 Å². The zero-order chi connectivity index (χ0) is 12.7. The van der Waals surface area contributed by atoms with Crippen molar-refractivity contribution in [1.82, 2.24) is 0 Å². The lowest BCUT2D eigenvalue weighted by molar-refractivity contribution is -0.385. The Labute approximate surface area is 104 Å². The zero-order valence-corrected chi connectivity index (χ0v) is 10.0. The van der Waals surface area contributed by atoms with Crippen LogP contribution in [0.2, 0.25) is 0 Å². The Morgan fingerprint density at radius 3 is 2.82 bits per heavy atom. The van der Waals surface area contributed by atoms with Crippen LogP contribution in [0.25, 0.3) is 0 Å². The third-order valence-corrected chi connectivity index (χ3v) is 2.13. The number of nitro groups is 1. The van der Waals surface area contributed by atoms with E-state index in [0.717, 1.165) is 0 Å². The predicted molar refractivity (Wildman–Crippen MR) is 65.0 cm³/mol. The largest absolute Gasteiger partial charge is 0.497 e. The molecule has 0 atom stereocenters. The molecule has 0 saturated carbocycles. The lowest BCUT2D eigenvalue weighted by Crippen LogP contribution is -1.99. The molecule has 1 aromatic rings. The van der Waals surface area contributed by atoms with E-state index in [9.17, 15) is 10.1 Å². The number of rotatable bonds is 6. The molecule has 0 saturated heterocycles. The number of nitro benzene ring substituents is 1. The standard InChI is InChI=1S/C11H12ClNO4/c1-16-9-4-5-10(13(14)15)11(8-9)17-7-3-2-6-12/h2-5,8H,6-7H2,1H3/b3-2+. The summed E-state index contributed by atoms with van der Waals surface area (Å²) in [5, 5.41) is 10.8. The number of hydrogen-bond donors (Lipinski definition) is 0. The minimum atomic E-state index is -0.500. The molecule has 0 aromatic heterocycles. The van der Waals surface area contributed by atoms with Gasteiger partial charge in [0.1, 0.15) is 12.4 Å². The van der Waals surface area contributed by atoms with Crippen LogP contribution in [0.3, 0.4) is 0 Å². The second-order valence-corrected chi connectivity index (χ2v) is 3.34. The van der Waals surface area contributed by atoms with Crippen molar-refractivity contribution in [2.45, 2.75) is 0 Å². The maximum absolute atomic E-state index is 10.8. The van der Waals surface area contributed by atoms with E-state index in [1.807, 2.05) is 0 Å². The van der Waals surface area contributed by atoms with E-state index in [4.69, 9.17) is 21.1 Å². The summed E-state index contributed by atoms with van der Waals surface area (Å²) in [7, 11) is 1.48. The van der Waals surface area contributed by atoms with Crippen molar-refractivity contribution in [2.75, 3.05) is 19.6 Å². The molecule has 0 fully saturated rings. The molecule has 1 aromatic carbocycles. The Morgan fingerprint density at radius 2 is 2.24 bits per heavy atom. The molecule has 0 spiro atoms. The fourth-order valence-corrected chi connectivity index (χ4v) is 1.28. The second-order valence-electron chi connectivity index (χ2n) is 3.03. The Morgan fingerprint density at radius 1 is 1.47 bits per heavy atom. The van der Waals surface area contributed by atoms with E-state index in [1.165, 1.54) is 25.3 Å². The minimum Gasteiger partial charge on any atom is -0.497 e. The summed E-state index contributed by atoms with van der Waals surface area (Å²) in [6.07, 6.45) is 3.39. The summed E-state index contributed by atoms with van der Waals surface area (Å²) in [6.45, 7) is 0.223. The highest BCUT2D eigenvalue weighted by atomic mass is 35.5. The summed E-state index contributed by atoms with van der Waals surface area (Å²) in [5.41, 5.74) is -0.0925. The lowest BCUT2D eigenvalue weighted by atomic mass is 10.3. The molecule has 0 aliphatic heterocycles. The highest BCUT2D eigenvalue weighted by Gasteiger charge is 2.15. The van der Waals surface area contributed by atoms with Gasteiger partial charge >= 0.3 is 5.69 Å². The summed E-state index contributed by atoms with van der Waals surface area (Å²) in [5.74, 6) is 1.06. The fraction of sp³-hybridized carbons (Fsp3) is 0.273. The SMILES string of the molecule is COc1ccc([N+](=O)[O-])c(OC/C=C/CCl)c1. The number of halogens is 1. The van der Waals surface area contributed by atoms with Crippen LogP contribution in [-0.2, 0) is 0 Å². The summed E-state index contributed by atoms with van der Waals surface area (Å²) < 4.78 is 10.3. The number of nitrogens with zero attached hydrogens (tertiary/aromatic N) is 1. The van der Waals surface area contributed by atoms with Crippen molar-refractivity contribution in [1.29, 1.82) is 0 Å². The van der Waals surface area contributed by atoms with Crippen LogP contribution < -0.4 is 9.47 Å². The fourth-order valence-electron chi connectivity index (χ4n) is 1.16. The van der Waals surface area contributed by atoms with Gasteiger partial charge in [-0.3, -0.25) is 10.1 Å². The first-order chi connectivity index (χ1) is 8.19. The molecule has 0 bridgehead atoms. The molecule has 0 N–H and O–H groups in total. The third kappa shape index (κ3) is 3.96. The molecule has 0 amide bonds. The first-order valence-electron chi connectivity index (χ1n) is 4.85. The molecule has 1 rings (SSSR count). The van der Waals surface area contributed by atoms with Crippen molar-refractivity contribution < 1.29 is 14.4 Å². The molecule has 6 heteroatoms. The molecule has 17 heavy (non-hydrogen) atoms. The Balaban J connectivity index is 2.85. The van der Waals surface area contributed by atoms with Crippen molar-refractivity contribution in [3.05, 3.63) is 40.5 Å². The van der Waals surface area contributed by atoms with E-state index in [0.29, 0.717) is 11.6 Å². The first-order valence-corrected chi connectivity index (χ1v) is 5.38. The highest BCUT2D eigenvalue weighted by molar-refractivity contribution is 6.18. The molecule has 0 aliphatic carbocycles. The van der Waals surface area contributed by atoms with Gasteiger partial charge in [0.05, 0.1) is 12.0 Å². The van der Waals surface area contributed by atoms with Crippen molar-refractivity contribution >= 4 is 17.3 Å². The zero-order valence-electron chi connectivity index (χ0n) is 9.26. The van der Waals surface area contributed by atoms with Gasteiger partial charge in [-0.2, -0.15) is 0 Å². The maximum Gasteiger partial charge on any atom is 0.311 e. The normalized spacial score (nSPS) is 10.5. The van der Waals surface area contributed by atoms with Crippen LogP contribution in [0, 0.1) is 10.1 Å². The maximum atomic E-state index is 10.8. The smallest absolute Gasteiger partial charge is 0.311 e. The Hall–Kier alpha value is -1.75. The van der Waals surface area contributed by atoms with Gasteiger partial charge in [0.25, 0.3) is 0 Å². The van der Waals surface area contributed by atoms with Crippen molar-refractivity contribution in [2.24, 2.45) is 0 Å². The van der Waals surface area contributed by atoms with Crippen LogP contribution >= 0.6 is 11.6 Å². The first kappa shape index (κ1) is 13.3. The molecular formula is C11H12ClNO4. The molecule has 0 aliphatic rings.